The van der Waals surface area contributed by atoms with Crippen LogP contribution in [0.2, 0.25) is 0 Å². The maximum absolute atomic E-state index is 12.8. The molecule has 6 heteroatoms. The summed E-state index contributed by atoms with van der Waals surface area (Å²) in [5.41, 5.74) is 1.24. The first kappa shape index (κ1) is 20.4. The summed E-state index contributed by atoms with van der Waals surface area (Å²) < 4.78 is 30.8. The number of piperidine rings is 1. The summed E-state index contributed by atoms with van der Waals surface area (Å²) in [6, 6.07) is 16.6. The molecule has 1 fully saturated rings. The van der Waals surface area contributed by atoms with Crippen molar-refractivity contribution in [3.8, 4) is 5.75 Å². The van der Waals surface area contributed by atoms with E-state index in [-0.39, 0.29) is 5.91 Å². The summed E-state index contributed by atoms with van der Waals surface area (Å²) in [4.78, 5) is 14.6. The number of rotatable bonds is 7. The summed E-state index contributed by atoms with van der Waals surface area (Å²) in [6.45, 7) is 1.01. The quantitative estimate of drug-likeness (QED) is 0.713. The van der Waals surface area contributed by atoms with Crippen LogP contribution >= 0.6 is 0 Å². The van der Waals surface area contributed by atoms with Gasteiger partial charge in [-0.15, -0.1) is 0 Å². The zero-order valence-electron chi connectivity index (χ0n) is 16.2. The second kappa shape index (κ2) is 9.24. The van der Waals surface area contributed by atoms with E-state index < -0.39 is 15.1 Å². The Kier molecular flexibility index (Phi) is 6.73. The normalized spacial score (nSPS) is 15.4. The number of amides is 1. The van der Waals surface area contributed by atoms with E-state index in [2.05, 4.69) is 12.1 Å². The molecule has 1 heterocycles. The fourth-order valence-electron chi connectivity index (χ4n) is 3.62. The van der Waals surface area contributed by atoms with E-state index in [1.807, 2.05) is 23.1 Å². The van der Waals surface area contributed by atoms with Crippen molar-refractivity contribution >= 4 is 15.7 Å². The molecule has 5 nitrogen and oxygen atoms in total. The Bertz CT molecular complexity index is 871. The summed E-state index contributed by atoms with van der Waals surface area (Å²) >= 11 is 0. The number of aryl methyl sites for hydroxylation is 1. The van der Waals surface area contributed by atoms with Crippen LogP contribution < -0.4 is 4.74 Å². The smallest absolute Gasteiger partial charge is 0.222 e. The average molecular weight is 402 g/mol. The molecule has 0 radical (unpaired) electrons. The standard InChI is InChI=1S/C22H27NO4S/c1-27-19-10-12-20(13-11-19)28(25,26)21-14-16-23(17-15-21)22(24)9-5-8-18-6-3-2-4-7-18/h2-4,6-7,10-13,21H,5,8-9,14-17H2,1H3. The van der Waals surface area contributed by atoms with Gasteiger partial charge in [-0.3, -0.25) is 4.79 Å². The van der Waals surface area contributed by atoms with Crippen LogP contribution in [0.3, 0.4) is 0 Å². The van der Waals surface area contributed by atoms with Crippen LogP contribution in [-0.4, -0.2) is 44.7 Å². The number of carbonyl (C=O) groups is 1. The monoisotopic (exact) mass is 401 g/mol. The van der Waals surface area contributed by atoms with E-state index in [0.29, 0.717) is 43.0 Å². The van der Waals surface area contributed by atoms with Gasteiger partial charge in [-0.25, -0.2) is 8.42 Å². The third-order valence-corrected chi connectivity index (χ3v) is 7.60. The first-order valence-electron chi connectivity index (χ1n) is 9.70. The molecule has 0 aliphatic carbocycles. The molecule has 28 heavy (non-hydrogen) atoms. The number of hydrogen-bond donors (Lipinski definition) is 0. The molecular formula is C22H27NO4S. The summed E-state index contributed by atoms with van der Waals surface area (Å²) in [6.07, 6.45) is 3.17. The molecular weight excluding hydrogens is 374 g/mol. The zero-order valence-corrected chi connectivity index (χ0v) is 17.0. The molecule has 1 amide bonds. The molecule has 2 aromatic rings. The van der Waals surface area contributed by atoms with Gasteiger partial charge in [0.05, 0.1) is 17.3 Å². The van der Waals surface area contributed by atoms with Gasteiger partial charge in [0.25, 0.3) is 0 Å². The van der Waals surface area contributed by atoms with Gasteiger partial charge >= 0.3 is 0 Å². The predicted molar refractivity (Wildman–Crippen MR) is 109 cm³/mol. The average Bonchev–Trinajstić information content (AvgIpc) is 2.74. The Hall–Kier alpha value is -2.34. The SMILES string of the molecule is COc1ccc(S(=O)(=O)C2CCN(C(=O)CCCc3ccccc3)CC2)cc1. The van der Waals surface area contributed by atoms with Crippen LogP contribution in [0.25, 0.3) is 0 Å². The van der Waals surface area contributed by atoms with Crippen LogP contribution in [0.1, 0.15) is 31.2 Å². The predicted octanol–water partition coefficient (Wildman–Crippen LogP) is 3.48. The Labute approximate surface area is 167 Å². The Morgan fingerprint density at radius 3 is 2.29 bits per heavy atom. The van der Waals surface area contributed by atoms with Gasteiger partial charge in [0.2, 0.25) is 5.91 Å². The number of nitrogens with zero attached hydrogens (tertiary/aromatic N) is 1. The first-order valence-corrected chi connectivity index (χ1v) is 11.2. The fourth-order valence-corrected chi connectivity index (χ4v) is 5.35. The van der Waals surface area contributed by atoms with E-state index in [4.69, 9.17) is 4.74 Å². The minimum absolute atomic E-state index is 0.122. The molecule has 3 rings (SSSR count). The summed E-state index contributed by atoms with van der Waals surface area (Å²) in [5.74, 6) is 0.756. The molecule has 1 aliphatic rings. The van der Waals surface area contributed by atoms with E-state index in [1.165, 1.54) is 5.56 Å². The van der Waals surface area contributed by atoms with Gasteiger partial charge in [0, 0.05) is 19.5 Å². The molecule has 0 atom stereocenters. The summed E-state index contributed by atoms with van der Waals surface area (Å²) in [7, 11) is -1.83. The molecule has 0 spiro atoms. The van der Waals surface area contributed by atoms with Crippen LogP contribution in [0, 0.1) is 0 Å². The number of carbonyl (C=O) groups excluding carboxylic acids is 1. The third kappa shape index (κ3) is 4.93. The van der Waals surface area contributed by atoms with Gasteiger partial charge in [-0.1, -0.05) is 30.3 Å². The van der Waals surface area contributed by atoms with E-state index >= 15 is 0 Å². The van der Waals surface area contributed by atoms with Crippen molar-refractivity contribution in [2.45, 2.75) is 42.2 Å². The minimum atomic E-state index is -3.38. The molecule has 1 saturated heterocycles. The maximum Gasteiger partial charge on any atom is 0.222 e. The lowest BCUT2D eigenvalue weighted by Crippen LogP contribution is -2.42. The van der Waals surface area contributed by atoms with Crippen molar-refractivity contribution in [1.82, 2.24) is 4.90 Å². The second-order valence-corrected chi connectivity index (χ2v) is 9.37. The summed E-state index contributed by atoms with van der Waals surface area (Å²) in [5, 5.41) is -0.436. The molecule has 1 aliphatic heterocycles. The zero-order chi connectivity index (χ0) is 20.0. The fraction of sp³-hybridized carbons (Fsp3) is 0.409. The highest BCUT2D eigenvalue weighted by Gasteiger charge is 2.32. The number of methoxy groups -OCH3 is 1. The largest absolute Gasteiger partial charge is 0.497 e. The van der Waals surface area contributed by atoms with Gasteiger partial charge in [-0.2, -0.15) is 0 Å². The van der Waals surface area contributed by atoms with Crippen LogP contribution in [0.15, 0.2) is 59.5 Å². The lowest BCUT2D eigenvalue weighted by atomic mass is 10.1. The molecule has 2 aromatic carbocycles. The lowest BCUT2D eigenvalue weighted by molar-refractivity contribution is -0.132. The number of sulfone groups is 1. The highest BCUT2D eigenvalue weighted by Crippen LogP contribution is 2.26. The van der Waals surface area contributed by atoms with E-state index in [1.54, 1.807) is 31.4 Å². The van der Waals surface area contributed by atoms with Crippen molar-refractivity contribution in [3.63, 3.8) is 0 Å². The topological polar surface area (TPSA) is 63.7 Å². The molecule has 0 aromatic heterocycles. The minimum Gasteiger partial charge on any atom is -0.497 e. The molecule has 0 unspecified atom stereocenters. The maximum atomic E-state index is 12.8. The molecule has 0 bridgehead atoms. The van der Waals surface area contributed by atoms with Crippen molar-refractivity contribution in [2.75, 3.05) is 20.2 Å². The van der Waals surface area contributed by atoms with Crippen molar-refractivity contribution in [1.29, 1.82) is 0 Å². The third-order valence-electron chi connectivity index (χ3n) is 5.32. The van der Waals surface area contributed by atoms with E-state index in [0.717, 1.165) is 12.8 Å². The van der Waals surface area contributed by atoms with E-state index in [9.17, 15) is 13.2 Å². The van der Waals surface area contributed by atoms with Gasteiger partial charge in [0.15, 0.2) is 9.84 Å². The van der Waals surface area contributed by atoms with Gasteiger partial charge < -0.3 is 9.64 Å². The van der Waals surface area contributed by atoms with Crippen LogP contribution in [-0.2, 0) is 21.1 Å². The first-order chi connectivity index (χ1) is 13.5. The lowest BCUT2D eigenvalue weighted by Gasteiger charge is -2.32. The Balaban J connectivity index is 1.49. The highest BCUT2D eigenvalue weighted by atomic mass is 32.2. The molecule has 150 valence electrons. The van der Waals surface area contributed by atoms with Gasteiger partial charge in [-0.05, 0) is 55.5 Å². The second-order valence-electron chi connectivity index (χ2n) is 7.14. The number of benzene rings is 2. The van der Waals surface area contributed by atoms with Gasteiger partial charge in [0.1, 0.15) is 5.75 Å². The number of likely N-dealkylation sites (tertiary alicyclic amines) is 1. The number of ether oxygens (including phenoxy) is 1. The number of hydrogen-bond acceptors (Lipinski definition) is 4. The van der Waals surface area contributed by atoms with Crippen molar-refractivity contribution in [3.05, 3.63) is 60.2 Å². The molecule has 0 N–H and O–H groups in total. The Morgan fingerprint density at radius 2 is 1.68 bits per heavy atom. The molecule has 0 saturated carbocycles. The van der Waals surface area contributed by atoms with Crippen molar-refractivity contribution < 1.29 is 17.9 Å². The van der Waals surface area contributed by atoms with Crippen LogP contribution in [0.5, 0.6) is 5.75 Å². The highest BCUT2D eigenvalue weighted by molar-refractivity contribution is 7.92. The van der Waals surface area contributed by atoms with Crippen LogP contribution in [0.4, 0.5) is 0 Å². The van der Waals surface area contributed by atoms with Crippen molar-refractivity contribution in [2.24, 2.45) is 0 Å². The Morgan fingerprint density at radius 1 is 1.04 bits per heavy atom.